The maximum absolute atomic E-state index is 10.5. The highest BCUT2D eigenvalue weighted by atomic mass is 31.2. The number of ether oxygens (including phenoxy) is 2. The Balaban J connectivity index is 2.46. The van der Waals surface area contributed by atoms with Crippen LogP contribution in [-0.2, 0) is 18.6 Å². The van der Waals surface area contributed by atoms with Crippen LogP contribution < -0.4 is 0 Å². The fourth-order valence-corrected chi connectivity index (χ4v) is 1.90. The minimum Gasteiger partial charge on any atom is -0.380 e. The summed E-state index contributed by atoms with van der Waals surface area (Å²) in [7, 11) is 1.10. The van der Waals surface area contributed by atoms with Crippen molar-refractivity contribution < 1.29 is 28.3 Å². The molecule has 6 nitrogen and oxygen atoms in total. The Bertz CT molecular complexity index is 267. The number of phosphoric acid groups is 1. The summed E-state index contributed by atoms with van der Waals surface area (Å²) in [6.45, 7) is 3.50. The molecule has 0 aliphatic carbocycles. The molecule has 0 aromatic heterocycles. The van der Waals surface area contributed by atoms with E-state index in [4.69, 9.17) is 27.1 Å². The topological polar surface area (TPSA) is 85.2 Å². The summed E-state index contributed by atoms with van der Waals surface area (Å²) in [5, 5.41) is 0. The molecule has 8 heteroatoms. The summed E-state index contributed by atoms with van der Waals surface area (Å²) in [5.74, 6) is 0. The summed E-state index contributed by atoms with van der Waals surface area (Å²) in [4.78, 5) is 17.1. The molecule has 1 aliphatic rings. The van der Waals surface area contributed by atoms with Gasteiger partial charge < -0.3 is 19.3 Å². The van der Waals surface area contributed by atoms with Gasteiger partial charge >= 0.3 is 7.82 Å². The Morgan fingerprint density at radius 2 is 2.19 bits per heavy atom. The molecule has 2 N–H and O–H groups in total. The first kappa shape index (κ1) is 14.2. The smallest absolute Gasteiger partial charge is 0.380 e. The third-order valence-corrected chi connectivity index (χ3v) is 2.57. The van der Waals surface area contributed by atoms with Crippen molar-refractivity contribution in [2.75, 3.05) is 6.61 Å². The molecule has 0 saturated carbocycles. The van der Waals surface area contributed by atoms with Crippen LogP contribution in [0.2, 0.25) is 0 Å². The first-order chi connectivity index (χ1) is 7.28. The normalized spacial score (nSPS) is 31.2. The lowest BCUT2D eigenvalue weighted by molar-refractivity contribution is -0.0572. The quantitative estimate of drug-likeness (QED) is 0.534. The van der Waals surface area contributed by atoms with Gasteiger partial charge in [-0.2, -0.15) is 0 Å². The number of hydrogen-bond acceptors (Lipinski definition) is 4. The predicted octanol–water partition coefficient (Wildman–Crippen LogP) is 0.173. The minimum atomic E-state index is -4.48. The van der Waals surface area contributed by atoms with Crippen LogP contribution in [-0.4, -0.2) is 48.6 Å². The molecule has 1 heterocycles. The molecule has 0 bridgehead atoms. The fraction of sp³-hybridized carbons (Fsp3) is 1.00. The van der Waals surface area contributed by atoms with Crippen LogP contribution >= 0.6 is 7.82 Å². The van der Waals surface area contributed by atoms with E-state index in [-0.39, 0.29) is 18.8 Å². The molecule has 1 fully saturated rings. The summed E-state index contributed by atoms with van der Waals surface area (Å²) in [6, 6.07) is -0.478. The standard InChI is InChI=1S/C8H16BO6P/c1-5(2)14-6-3-8(9)15-7(6)4-13-16(10,11)12/h5-8H,3-4H2,1-2H3,(H2,10,11,12)/t6?,7-,8-/m1/s1. The second-order valence-electron chi connectivity index (χ2n) is 3.96. The third-order valence-electron chi connectivity index (χ3n) is 2.08. The number of rotatable bonds is 5. The molecule has 1 unspecified atom stereocenters. The van der Waals surface area contributed by atoms with Crippen molar-refractivity contribution >= 4 is 15.7 Å². The van der Waals surface area contributed by atoms with Gasteiger partial charge in [-0.05, 0) is 20.3 Å². The third kappa shape index (κ3) is 4.95. The van der Waals surface area contributed by atoms with Crippen molar-refractivity contribution in [1.82, 2.24) is 0 Å². The molecule has 1 saturated heterocycles. The van der Waals surface area contributed by atoms with E-state index in [0.29, 0.717) is 6.42 Å². The van der Waals surface area contributed by atoms with Gasteiger partial charge in [0.05, 0.1) is 18.8 Å². The molecule has 0 amide bonds. The highest BCUT2D eigenvalue weighted by Crippen LogP contribution is 2.37. The van der Waals surface area contributed by atoms with Gasteiger partial charge in [-0.1, -0.05) is 0 Å². The van der Waals surface area contributed by atoms with E-state index in [0.717, 1.165) is 0 Å². The second kappa shape index (κ2) is 5.62. The van der Waals surface area contributed by atoms with Gasteiger partial charge in [0.1, 0.15) is 14.0 Å². The molecular weight excluding hydrogens is 234 g/mol. The van der Waals surface area contributed by atoms with E-state index < -0.39 is 19.9 Å². The lowest BCUT2D eigenvalue weighted by atomic mass is 9.96. The molecule has 0 aromatic rings. The molecule has 1 rings (SSSR count). The monoisotopic (exact) mass is 250 g/mol. The maximum Gasteiger partial charge on any atom is 0.469 e. The molecular formula is C8H16BO6P. The van der Waals surface area contributed by atoms with E-state index >= 15 is 0 Å². The Morgan fingerprint density at radius 1 is 1.56 bits per heavy atom. The average Bonchev–Trinajstić information content (AvgIpc) is 2.40. The van der Waals surface area contributed by atoms with E-state index in [1.165, 1.54) is 0 Å². The van der Waals surface area contributed by atoms with E-state index in [1.807, 2.05) is 13.8 Å². The van der Waals surface area contributed by atoms with E-state index in [2.05, 4.69) is 4.52 Å². The molecule has 0 aromatic carbocycles. The van der Waals surface area contributed by atoms with Gasteiger partial charge in [0.25, 0.3) is 0 Å². The second-order valence-corrected chi connectivity index (χ2v) is 5.20. The number of hydrogen-bond donors (Lipinski definition) is 2. The van der Waals surface area contributed by atoms with E-state index in [9.17, 15) is 4.57 Å². The molecule has 1 aliphatic heterocycles. The van der Waals surface area contributed by atoms with Gasteiger partial charge in [-0.3, -0.25) is 4.52 Å². The van der Waals surface area contributed by atoms with Crippen molar-refractivity contribution in [2.45, 2.75) is 44.6 Å². The van der Waals surface area contributed by atoms with Gasteiger partial charge in [0.2, 0.25) is 0 Å². The lowest BCUT2D eigenvalue weighted by Gasteiger charge is -2.21. The van der Waals surface area contributed by atoms with Gasteiger partial charge in [-0.25, -0.2) is 4.57 Å². The lowest BCUT2D eigenvalue weighted by Crippen LogP contribution is -2.30. The highest BCUT2D eigenvalue weighted by molar-refractivity contribution is 7.46. The van der Waals surface area contributed by atoms with Gasteiger partial charge in [0.15, 0.2) is 0 Å². The molecule has 3 atom stereocenters. The minimum absolute atomic E-state index is 0.00328. The van der Waals surface area contributed by atoms with Crippen LogP contribution in [0.25, 0.3) is 0 Å². The van der Waals surface area contributed by atoms with Crippen LogP contribution in [0, 0.1) is 0 Å². The van der Waals surface area contributed by atoms with Crippen LogP contribution in [0.4, 0.5) is 0 Å². The molecule has 0 spiro atoms. The SMILES string of the molecule is [B][C@H]1CC(OC(C)C)[C@@H](COP(=O)(O)O)O1. The van der Waals surface area contributed by atoms with Crippen LogP contribution in [0.15, 0.2) is 0 Å². The van der Waals surface area contributed by atoms with E-state index in [1.54, 1.807) is 0 Å². The average molecular weight is 250 g/mol. The summed E-state index contributed by atoms with van der Waals surface area (Å²) < 4.78 is 25.7. The summed E-state index contributed by atoms with van der Waals surface area (Å²) in [5.41, 5.74) is 0. The van der Waals surface area contributed by atoms with Gasteiger partial charge in [-0.15, -0.1) is 0 Å². The highest BCUT2D eigenvalue weighted by Gasteiger charge is 2.35. The van der Waals surface area contributed by atoms with Crippen molar-refractivity contribution in [3.05, 3.63) is 0 Å². The summed E-state index contributed by atoms with van der Waals surface area (Å²) >= 11 is 0. The van der Waals surface area contributed by atoms with Crippen molar-refractivity contribution in [1.29, 1.82) is 0 Å². The van der Waals surface area contributed by atoms with Crippen LogP contribution in [0.3, 0.4) is 0 Å². The zero-order chi connectivity index (χ0) is 12.3. The Hall–Kier alpha value is 0.0949. The number of phosphoric ester groups is 1. The first-order valence-corrected chi connectivity index (χ1v) is 6.57. The van der Waals surface area contributed by atoms with Crippen molar-refractivity contribution in [3.8, 4) is 0 Å². The van der Waals surface area contributed by atoms with Crippen molar-refractivity contribution in [3.63, 3.8) is 0 Å². The van der Waals surface area contributed by atoms with Crippen LogP contribution in [0.1, 0.15) is 20.3 Å². The maximum atomic E-state index is 10.5. The Labute approximate surface area is 95.9 Å². The largest absolute Gasteiger partial charge is 0.469 e. The predicted molar refractivity (Wildman–Crippen MR) is 57.0 cm³/mol. The molecule has 92 valence electrons. The van der Waals surface area contributed by atoms with Crippen LogP contribution in [0.5, 0.6) is 0 Å². The zero-order valence-corrected chi connectivity index (χ0v) is 10.2. The first-order valence-electron chi connectivity index (χ1n) is 5.04. The molecule has 2 radical (unpaired) electrons. The van der Waals surface area contributed by atoms with Crippen molar-refractivity contribution in [2.24, 2.45) is 0 Å². The zero-order valence-electron chi connectivity index (χ0n) is 9.28. The Kier molecular flexibility index (Phi) is 4.97. The Morgan fingerprint density at radius 3 is 2.69 bits per heavy atom. The fourth-order valence-electron chi connectivity index (χ4n) is 1.56. The van der Waals surface area contributed by atoms with Gasteiger partial charge in [0, 0.05) is 6.00 Å². The summed E-state index contributed by atoms with van der Waals surface area (Å²) in [6.07, 6.45) is -0.337. The molecule has 16 heavy (non-hydrogen) atoms.